The fraction of sp³-hybridized carbons (Fsp3) is 0.0526. The maximum Gasteiger partial charge on any atom is 0.274 e. The minimum atomic E-state index is -0.806. The van der Waals surface area contributed by atoms with E-state index < -0.39 is 23.2 Å². The maximum absolute atomic E-state index is 13.7. The number of carbonyl (C=O) groups is 2. The van der Waals surface area contributed by atoms with Crippen molar-refractivity contribution in [2.24, 2.45) is 0 Å². The van der Waals surface area contributed by atoms with E-state index >= 15 is 0 Å². The van der Waals surface area contributed by atoms with Gasteiger partial charge in [-0.1, -0.05) is 6.07 Å². The Hall–Kier alpha value is -3.68. The molecule has 1 amide bonds. The van der Waals surface area contributed by atoms with Crippen LogP contribution in [0.5, 0.6) is 0 Å². The molecule has 8 heteroatoms. The molecule has 0 atom stereocenters. The van der Waals surface area contributed by atoms with Gasteiger partial charge in [0, 0.05) is 17.4 Å². The van der Waals surface area contributed by atoms with Gasteiger partial charge in [-0.05, 0) is 49.4 Å². The molecular formula is C19H14F2N4O2. The SMILES string of the molecule is CC(=O)c1ccc(NC(=O)c2ccnc(Nc3c(F)cccc3F)n2)cc1. The van der Waals surface area contributed by atoms with Crippen molar-refractivity contribution in [3.63, 3.8) is 0 Å². The Bertz CT molecular complexity index is 987. The second kappa shape index (κ2) is 7.69. The predicted molar refractivity (Wildman–Crippen MR) is 96.1 cm³/mol. The van der Waals surface area contributed by atoms with Gasteiger partial charge in [-0.2, -0.15) is 0 Å². The standard InChI is InChI=1S/C19H14F2N4O2/c1-11(26)12-5-7-13(8-6-12)23-18(27)16-9-10-22-19(24-16)25-17-14(20)3-2-4-15(17)21/h2-10H,1H3,(H,23,27)(H,22,24,25). The molecule has 136 valence electrons. The summed E-state index contributed by atoms with van der Waals surface area (Å²) in [6.07, 6.45) is 1.29. The molecule has 3 rings (SSSR count). The summed E-state index contributed by atoms with van der Waals surface area (Å²) in [5.74, 6) is -2.36. The van der Waals surface area contributed by atoms with Gasteiger partial charge in [-0.25, -0.2) is 18.7 Å². The van der Waals surface area contributed by atoms with Crippen LogP contribution in [0.2, 0.25) is 0 Å². The molecule has 0 saturated heterocycles. The van der Waals surface area contributed by atoms with Gasteiger partial charge in [0.2, 0.25) is 5.95 Å². The van der Waals surface area contributed by atoms with Crippen molar-refractivity contribution in [2.45, 2.75) is 6.92 Å². The topological polar surface area (TPSA) is 84.0 Å². The second-order valence-electron chi connectivity index (χ2n) is 5.57. The van der Waals surface area contributed by atoms with E-state index in [0.717, 1.165) is 12.1 Å². The quantitative estimate of drug-likeness (QED) is 0.666. The number of anilines is 3. The molecule has 0 aliphatic rings. The van der Waals surface area contributed by atoms with Gasteiger partial charge in [0.25, 0.3) is 5.91 Å². The summed E-state index contributed by atoms with van der Waals surface area (Å²) < 4.78 is 27.4. The molecule has 1 aromatic heterocycles. The van der Waals surface area contributed by atoms with Gasteiger partial charge in [-0.3, -0.25) is 9.59 Å². The lowest BCUT2D eigenvalue weighted by Gasteiger charge is -2.09. The average molecular weight is 368 g/mol. The molecule has 0 unspecified atom stereocenters. The number of benzene rings is 2. The Morgan fingerprint density at radius 2 is 1.63 bits per heavy atom. The highest BCUT2D eigenvalue weighted by Gasteiger charge is 2.13. The molecule has 2 N–H and O–H groups in total. The Morgan fingerprint density at radius 1 is 0.963 bits per heavy atom. The molecule has 0 saturated carbocycles. The van der Waals surface area contributed by atoms with Gasteiger partial charge in [0.05, 0.1) is 0 Å². The van der Waals surface area contributed by atoms with Crippen LogP contribution >= 0.6 is 0 Å². The number of amides is 1. The van der Waals surface area contributed by atoms with E-state index in [2.05, 4.69) is 20.6 Å². The van der Waals surface area contributed by atoms with Gasteiger partial charge in [-0.15, -0.1) is 0 Å². The lowest BCUT2D eigenvalue weighted by molar-refractivity contribution is 0.101. The number of nitrogens with one attached hydrogen (secondary N) is 2. The number of para-hydroxylation sites is 1. The van der Waals surface area contributed by atoms with E-state index in [0.29, 0.717) is 11.3 Å². The van der Waals surface area contributed by atoms with Crippen molar-refractivity contribution >= 4 is 29.0 Å². The van der Waals surface area contributed by atoms with E-state index in [1.165, 1.54) is 25.3 Å². The van der Waals surface area contributed by atoms with Crippen LogP contribution in [0.1, 0.15) is 27.8 Å². The normalized spacial score (nSPS) is 10.3. The minimum Gasteiger partial charge on any atom is -0.321 e. The fourth-order valence-corrected chi connectivity index (χ4v) is 2.26. The Kier molecular flexibility index (Phi) is 5.16. The van der Waals surface area contributed by atoms with Crippen LogP contribution in [-0.4, -0.2) is 21.7 Å². The van der Waals surface area contributed by atoms with Crippen molar-refractivity contribution in [1.82, 2.24) is 9.97 Å². The first-order valence-electron chi connectivity index (χ1n) is 7.90. The number of hydrogen-bond donors (Lipinski definition) is 2. The summed E-state index contributed by atoms with van der Waals surface area (Å²) in [6.45, 7) is 1.45. The lowest BCUT2D eigenvalue weighted by Crippen LogP contribution is -2.15. The number of carbonyl (C=O) groups excluding carboxylic acids is 2. The summed E-state index contributed by atoms with van der Waals surface area (Å²) in [5.41, 5.74) is 0.585. The second-order valence-corrected chi connectivity index (χ2v) is 5.57. The van der Waals surface area contributed by atoms with E-state index in [4.69, 9.17) is 0 Å². The highest BCUT2D eigenvalue weighted by molar-refractivity contribution is 6.03. The Balaban J connectivity index is 1.76. The lowest BCUT2D eigenvalue weighted by atomic mass is 10.1. The Labute approximate surface area is 153 Å². The first-order valence-corrected chi connectivity index (χ1v) is 7.90. The molecule has 1 heterocycles. The molecule has 3 aromatic rings. The van der Waals surface area contributed by atoms with Gasteiger partial charge < -0.3 is 10.6 Å². The van der Waals surface area contributed by atoms with E-state index in [9.17, 15) is 18.4 Å². The predicted octanol–water partition coefficient (Wildman–Crippen LogP) is 3.95. The van der Waals surface area contributed by atoms with Crippen LogP contribution in [0, 0.1) is 11.6 Å². The Morgan fingerprint density at radius 3 is 2.26 bits per heavy atom. The molecule has 0 spiro atoms. The zero-order valence-electron chi connectivity index (χ0n) is 14.2. The minimum absolute atomic E-state index is 0.000100. The molecular weight excluding hydrogens is 354 g/mol. The molecule has 6 nitrogen and oxygen atoms in total. The third-order valence-corrected chi connectivity index (χ3v) is 3.64. The largest absolute Gasteiger partial charge is 0.321 e. The van der Waals surface area contributed by atoms with Crippen molar-refractivity contribution in [3.05, 3.63) is 77.6 Å². The molecule has 0 aliphatic heterocycles. The summed E-state index contributed by atoms with van der Waals surface area (Å²) in [7, 11) is 0. The van der Waals surface area contributed by atoms with Crippen molar-refractivity contribution in [2.75, 3.05) is 10.6 Å². The van der Waals surface area contributed by atoms with Gasteiger partial charge in [0.1, 0.15) is 23.0 Å². The number of halogens is 2. The molecule has 0 aliphatic carbocycles. The number of nitrogens with zero attached hydrogens (tertiary/aromatic N) is 2. The van der Waals surface area contributed by atoms with Gasteiger partial charge in [0.15, 0.2) is 5.78 Å². The highest BCUT2D eigenvalue weighted by atomic mass is 19.1. The fourth-order valence-electron chi connectivity index (χ4n) is 2.26. The van der Waals surface area contributed by atoms with Crippen LogP contribution in [0.15, 0.2) is 54.7 Å². The zero-order valence-corrected chi connectivity index (χ0v) is 14.2. The maximum atomic E-state index is 13.7. The van der Waals surface area contributed by atoms with Crippen molar-refractivity contribution in [3.8, 4) is 0 Å². The number of ketones is 1. The first-order chi connectivity index (χ1) is 12.9. The number of aromatic nitrogens is 2. The summed E-state index contributed by atoms with van der Waals surface area (Å²) >= 11 is 0. The van der Waals surface area contributed by atoms with Crippen molar-refractivity contribution in [1.29, 1.82) is 0 Å². The molecule has 0 fully saturated rings. The van der Waals surface area contributed by atoms with Crippen molar-refractivity contribution < 1.29 is 18.4 Å². The van der Waals surface area contributed by atoms with E-state index in [1.54, 1.807) is 24.3 Å². The van der Waals surface area contributed by atoms with Crippen LogP contribution < -0.4 is 10.6 Å². The van der Waals surface area contributed by atoms with Gasteiger partial charge >= 0.3 is 0 Å². The van der Waals surface area contributed by atoms with E-state index in [-0.39, 0.29) is 17.4 Å². The smallest absolute Gasteiger partial charge is 0.274 e. The number of rotatable bonds is 5. The van der Waals surface area contributed by atoms with Crippen LogP contribution in [0.3, 0.4) is 0 Å². The molecule has 0 radical (unpaired) electrons. The van der Waals surface area contributed by atoms with Crippen LogP contribution in [0.25, 0.3) is 0 Å². The first kappa shape index (κ1) is 18.1. The summed E-state index contributed by atoms with van der Waals surface area (Å²) in [6, 6.07) is 11.1. The number of Topliss-reactive ketones (excluding diaryl/α,β-unsaturated/α-hetero) is 1. The third kappa shape index (κ3) is 4.30. The van der Waals surface area contributed by atoms with Crippen LogP contribution in [0.4, 0.5) is 26.1 Å². The molecule has 0 bridgehead atoms. The third-order valence-electron chi connectivity index (χ3n) is 3.64. The highest BCUT2D eigenvalue weighted by Crippen LogP contribution is 2.21. The molecule has 2 aromatic carbocycles. The summed E-state index contributed by atoms with van der Waals surface area (Å²) in [4.78, 5) is 31.4. The number of hydrogen-bond acceptors (Lipinski definition) is 5. The average Bonchev–Trinajstić information content (AvgIpc) is 2.65. The van der Waals surface area contributed by atoms with E-state index in [1.807, 2.05) is 0 Å². The monoisotopic (exact) mass is 368 g/mol. The molecule has 27 heavy (non-hydrogen) atoms. The zero-order chi connectivity index (χ0) is 19.4. The summed E-state index contributed by atoms with van der Waals surface area (Å²) in [5, 5.41) is 5.05. The van der Waals surface area contributed by atoms with Crippen LogP contribution in [-0.2, 0) is 0 Å².